The van der Waals surface area contributed by atoms with Gasteiger partial charge in [0.25, 0.3) is 11.8 Å². The second-order valence-electron chi connectivity index (χ2n) is 8.88. The van der Waals surface area contributed by atoms with Gasteiger partial charge in [0.1, 0.15) is 17.2 Å². The van der Waals surface area contributed by atoms with Crippen molar-refractivity contribution in [1.29, 1.82) is 0 Å². The summed E-state index contributed by atoms with van der Waals surface area (Å²) in [5.74, 6) is 1.52. The van der Waals surface area contributed by atoms with Gasteiger partial charge >= 0.3 is 0 Å². The topological polar surface area (TPSA) is 59.1 Å². The summed E-state index contributed by atoms with van der Waals surface area (Å²) in [5.41, 5.74) is 2.12. The van der Waals surface area contributed by atoms with E-state index >= 15 is 0 Å². The number of carbonyl (C=O) groups is 2. The Bertz CT molecular complexity index is 1050. The van der Waals surface area contributed by atoms with Crippen LogP contribution in [-0.4, -0.2) is 43.0 Å². The zero-order valence-corrected chi connectivity index (χ0v) is 19.8. The largest absolute Gasteiger partial charge is 0.494 e. The predicted octanol–water partition coefficient (Wildman–Crippen LogP) is 4.75. The maximum absolute atomic E-state index is 13.9. The number of anilines is 1. The van der Waals surface area contributed by atoms with Crippen LogP contribution >= 0.6 is 0 Å². The van der Waals surface area contributed by atoms with Gasteiger partial charge in [-0.1, -0.05) is 38.1 Å². The third kappa shape index (κ3) is 4.47. The molecule has 0 saturated carbocycles. The lowest BCUT2D eigenvalue weighted by Gasteiger charge is -2.37. The van der Waals surface area contributed by atoms with Crippen LogP contribution in [0.3, 0.4) is 0 Å². The molecule has 6 nitrogen and oxygen atoms in total. The number of benzene rings is 2. The van der Waals surface area contributed by atoms with Crippen LogP contribution in [0.4, 0.5) is 5.69 Å². The summed E-state index contributed by atoms with van der Waals surface area (Å²) in [5, 5.41) is 0. The van der Waals surface area contributed by atoms with Crippen molar-refractivity contribution in [2.45, 2.75) is 34.1 Å². The van der Waals surface area contributed by atoms with Gasteiger partial charge < -0.3 is 14.4 Å². The Labute approximate surface area is 195 Å². The molecule has 33 heavy (non-hydrogen) atoms. The molecule has 4 rings (SSSR count). The zero-order valence-electron chi connectivity index (χ0n) is 19.8. The van der Waals surface area contributed by atoms with Gasteiger partial charge in [0, 0.05) is 13.1 Å². The van der Waals surface area contributed by atoms with E-state index in [9.17, 15) is 9.59 Å². The lowest BCUT2D eigenvalue weighted by molar-refractivity contribution is -0.120. The number of hydrogen-bond donors (Lipinski definition) is 0. The van der Waals surface area contributed by atoms with Gasteiger partial charge in [-0.2, -0.15) is 0 Å². The van der Waals surface area contributed by atoms with Crippen LogP contribution in [0.15, 0.2) is 54.2 Å². The van der Waals surface area contributed by atoms with E-state index in [4.69, 9.17) is 9.47 Å². The molecule has 2 amide bonds. The number of ether oxygens (including phenoxy) is 2. The van der Waals surface area contributed by atoms with Crippen molar-refractivity contribution in [3.05, 3.63) is 59.8 Å². The van der Waals surface area contributed by atoms with Crippen molar-refractivity contribution >= 4 is 23.1 Å². The summed E-state index contributed by atoms with van der Waals surface area (Å²) in [7, 11) is 0. The number of hydrogen-bond acceptors (Lipinski definition) is 5. The highest BCUT2D eigenvalue weighted by Crippen LogP contribution is 2.40. The Morgan fingerprint density at radius 3 is 2.12 bits per heavy atom. The Balaban J connectivity index is 1.81. The third-order valence-corrected chi connectivity index (χ3v) is 6.10. The molecular formula is C27H32N2O4. The van der Waals surface area contributed by atoms with Crippen LogP contribution in [0.2, 0.25) is 0 Å². The Morgan fingerprint density at radius 2 is 1.48 bits per heavy atom. The summed E-state index contributed by atoms with van der Waals surface area (Å²) < 4.78 is 11.3. The highest BCUT2D eigenvalue weighted by Gasteiger charge is 2.44. The van der Waals surface area contributed by atoms with E-state index in [2.05, 4.69) is 18.7 Å². The molecular weight excluding hydrogens is 416 g/mol. The molecule has 6 heteroatoms. The minimum atomic E-state index is -0.322. The summed E-state index contributed by atoms with van der Waals surface area (Å²) in [6, 6.07) is 14.6. The maximum atomic E-state index is 13.9. The van der Waals surface area contributed by atoms with Crippen molar-refractivity contribution in [2.75, 3.05) is 31.2 Å². The van der Waals surface area contributed by atoms with Crippen molar-refractivity contribution in [3.63, 3.8) is 0 Å². The molecule has 0 aromatic heterocycles. The number of para-hydroxylation sites is 2. The smallest absolute Gasteiger partial charge is 0.282 e. The maximum Gasteiger partial charge on any atom is 0.282 e. The SMILES string of the molecule is CCOc1ccc(C2=C(N3CC(C)CC(C)C3)C(=O)N(c3ccccc3OCC)C2=O)cc1. The molecule has 2 aromatic carbocycles. The first-order valence-electron chi connectivity index (χ1n) is 11.8. The average Bonchev–Trinajstić information content (AvgIpc) is 3.04. The standard InChI is InChI=1S/C27H32N2O4/c1-5-32-21-13-11-20(12-14-21)24-25(28-16-18(3)15-19(4)17-28)27(31)29(26(24)30)22-9-7-8-10-23(22)33-6-2/h7-14,18-19H,5-6,15-17H2,1-4H3. The van der Waals surface area contributed by atoms with E-state index in [0.29, 0.717) is 53.3 Å². The second kappa shape index (κ2) is 9.69. The molecule has 0 bridgehead atoms. The van der Waals surface area contributed by atoms with E-state index < -0.39 is 0 Å². The highest BCUT2D eigenvalue weighted by atomic mass is 16.5. The summed E-state index contributed by atoms with van der Waals surface area (Å²) >= 11 is 0. The Hall–Kier alpha value is -3.28. The molecule has 2 aromatic rings. The van der Waals surface area contributed by atoms with Gasteiger partial charge in [0.05, 0.1) is 24.5 Å². The normalized spacial score (nSPS) is 21.1. The highest BCUT2D eigenvalue weighted by molar-refractivity contribution is 6.45. The first-order chi connectivity index (χ1) is 15.9. The third-order valence-electron chi connectivity index (χ3n) is 6.10. The molecule has 0 spiro atoms. The van der Waals surface area contributed by atoms with Gasteiger partial charge in [-0.25, -0.2) is 4.90 Å². The van der Waals surface area contributed by atoms with Crippen LogP contribution < -0.4 is 14.4 Å². The minimum absolute atomic E-state index is 0.294. The van der Waals surface area contributed by atoms with Gasteiger partial charge in [-0.05, 0) is 61.9 Å². The molecule has 174 valence electrons. The lowest BCUT2D eigenvalue weighted by atomic mass is 9.91. The minimum Gasteiger partial charge on any atom is -0.494 e. The molecule has 1 fully saturated rings. The van der Waals surface area contributed by atoms with E-state index in [-0.39, 0.29) is 11.8 Å². The summed E-state index contributed by atoms with van der Waals surface area (Å²) in [4.78, 5) is 31.1. The van der Waals surface area contributed by atoms with Crippen LogP contribution in [0.5, 0.6) is 11.5 Å². The molecule has 0 aliphatic carbocycles. The predicted molar refractivity (Wildman–Crippen MR) is 129 cm³/mol. The van der Waals surface area contributed by atoms with Gasteiger partial charge in [0.15, 0.2) is 0 Å². The first-order valence-corrected chi connectivity index (χ1v) is 11.8. The number of rotatable bonds is 7. The molecule has 2 unspecified atom stereocenters. The molecule has 0 N–H and O–H groups in total. The second-order valence-corrected chi connectivity index (χ2v) is 8.88. The van der Waals surface area contributed by atoms with Gasteiger partial charge in [-0.15, -0.1) is 0 Å². The van der Waals surface area contributed by atoms with E-state index in [1.807, 2.05) is 50.2 Å². The van der Waals surface area contributed by atoms with Crippen molar-refractivity contribution < 1.29 is 19.1 Å². The quantitative estimate of drug-likeness (QED) is 0.573. The van der Waals surface area contributed by atoms with Crippen LogP contribution in [0.25, 0.3) is 5.57 Å². The molecule has 2 heterocycles. The number of piperidine rings is 1. The number of imide groups is 1. The van der Waals surface area contributed by atoms with E-state index in [0.717, 1.165) is 25.3 Å². The number of carbonyl (C=O) groups excluding carboxylic acids is 2. The number of likely N-dealkylation sites (tertiary alicyclic amines) is 1. The van der Waals surface area contributed by atoms with Crippen molar-refractivity contribution in [1.82, 2.24) is 4.90 Å². The zero-order chi connectivity index (χ0) is 23.5. The summed E-state index contributed by atoms with van der Waals surface area (Å²) in [6.45, 7) is 10.7. The van der Waals surface area contributed by atoms with Crippen LogP contribution in [-0.2, 0) is 9.59 Å². The van der Waals surface area contributed by atoms with Crippen LogP contribution in [0, 0.1) is 11.8 Å². The van der Waals surface area contributed by atoms with Crippen molar-refractivity contribution in [2.24, 2.45) is 11.8 Å². The Morgan fingerprint density at radius 1 is 0.848 bits per heavy atom. The molecule has 1 saturated heterocycles. The fraction of sp³-hybridized carbons (Fsp3) is 0.407. The van der Waals surface area contributed by atoms with E-state index in [1.54, 1.807) is 12.1 Å². The summed E-state index contributed by atoms with van der Waals surface area (Å²) in [6.07, 6.45) is 1.11. The van der Waals surface area contributed by atoms with Gasteiger partial charge in [0.2, 0.25) is 0 Å². The fourth-order valence-electron chi connectivity index (χ4n) is 4.94. The monoisotopic (exact) mass is 448 g/mol. The fourth-order valence-corrected chi connectivity index (χ4v) is 4.94. The molecule has 2 atom stereocenters. The number of amides is 2. The first kappa shape index (κ1) is 22.9. The average molecular weight is 449 g/mol. The molecule has 0 radical (unpaired) electrons. The Kier molecular flexibility index (Phi) is 6.72. The van der Waals surface area contributed by atoms with Gasteiger partial charge in [-0.3, -0.25) is 9.59 Å². The molecule has 2 aliphatic rings. The van der Waals surface area contributed by atoms with Crippen LogP contribution in [0.1, 0.15) is 39.7 Å². The number of nitrogens with zero attached hydrogens (tertiary/aromatic N) is 2. The van der Waals surface area contributed by atoms with E-state index in [1.165, 1.54) is 4.90 Å². The molecule has 2 aliphatic heterocycles. The van der Waals surface area contributed by atoms with Crippen molar-refractivity contribution in [3.8, 4) is 11.5 Å². The lowest BCUT2D eigenvalue weighted by Crippen LogP contribution is -2.42.